The predicted octanol–water partition coefficient (Wildman–Crippen LogP) is 3.66. The second-order valence-electron chi connectivity index (χ2n) is 4.73. The van der Waals surface area contributed by atoms with Crippen LogP contribution >= 0.6 is 0 Å². The first-order chi connectivity index (χ1) is 7.15. The first-order valence-corrected chi connectivity index (χ1v) is 5.34. The molecule has 1 aliphatic rings. The molecule has 1 aromatic carbocycles. The number of hydrogen-bond acceptors (Lipinski definition) is 1. The van der Waals surface area contributed by atoms with E-state index in [1.165, 1.54) is 16.7 Å². The average molecular weight is 197 g/mol. The van der Waals surface area contributed by atoms with Gasteiger partial charge in [-0.25, -0.2) is 0 Å². The summed E-state index contributed by atoms with van der Waals surface area (Å²) in [7, 11) is 0. The molecular weight excluding hydrogens is 182 g/mol. The van der Waals surface area contributed by atoms with E-state index < -0.39 is 0 Å². The summed E-state index contributed by atoms with van der Waals surface area (Å²) in [6.45, 7) is 4.55. The van der Waals surface area contributed by atoms with Gasteiger partial charge in [0.2, 0.25) is 0 Å². The molecule has 0 fully saturated rings. The van der Waals surface area contributed by atoms with Gasteiger partial charge in [-0.1, -0.05) is 38.1 Å². The normalized spacial score (nSPS) is 20.7. The Hall–Kier alpha value is -1.55. The van der Waals surface area contributed by atoms with E-state index in [0.717, 1.165) is 12.8 Å². The van der Waals surface area contributed by atoms with Gasteiger partial charge in [-0.2, -0.15) is 5.26 Å². The predicted molar refractivity (Wildman–Crippen MR) is 62.3 cm³/mol. The van der Waals surface area contributed by atoms with Crippen molar-refractivity contribution in [2.75, 3.05) is 0 Å². The third kappa shape index (κ3) is 1.68. The monoisotopic (exact) mass is 197 g/mol. The third-order valence-electron chi connectivity index (χ3n) is 3.26. The van der Waals surface area contributed by atoms with E-state index in [0.29, 0.717) is 0 Å². The van der Waals surface area contributed by atoms with Crippen molar-refractivity contribution in [3.63, 3.8) is 0 Å². The fraction of sp³-hybridized carbons (Fsp3) is 0.357. The third-order valence-corrected chi connectivity index (χ3v) is 3.26. The Morgan fingerprint density at radius 2 is 2.07 bits per heavy atom. The molecule has 0 amide bonds. The van der Waals surface area contributed by atoms with Crippen LogP contribution in [0.3, 0.4) is 0 Å². The lowest BCUT2D eigenvalue weighted by atomic mass is 9.71. The number of nitrogens with zero attached hydrogens (tertiary/aromatic N) is 1. The molecule has 0 saturated carbocycles. The van der Waals surface area contributed by atoms with Crippen LogP contribution < -0.4 is 0 Å². The van der Waals surface area contributed by atoms with Crippen molar-refractivity contribution < 1.29 is 0 Å². The molecule has 1 nitrogen and oxygen atoms in total. The van der Waals surface area contributed by atoms with Crippen LogP contribution in [0.2, 0.25) is 0 Å². The van der Waals surface area contributed by atoms with Crippen molar-refractivity contribution in [2.24, 2.45) is 0 Å². The lowest BCUT2D eigenvalue weighted by Gasteiger charge is -2.33. The van der Waals surface area contributed by atoms with Gasteiger partial charge in [0.05, 0.1) is 6.07 Å². The zero-order chi connectivity index (χ0) is 10.9. The number of allylic oxidation sites excluding steroid dienone is 2. The second kappa shape index (κ2) is 3.55. The van der Waals surface area contributed by atoms with Crippen LogP contribution in [0.1, 0.15) is 37.8 Å². The minimum atomic E-state index is 0.239. The highest BCUT2D eigenvalue weighted by Gasteiger charge is 2.28. The van der Waals surface area contributed by atoms with Crippen LogP contribution in [0.25, 0.3) is 5.57 Å². The molecule has 2 rings (SSSR count). The first kappa shape index (κ1) is 9.98. The van der Waals surface area contributed by atoms with Crippen molar-refractivity contribution >= 4 is 5.57 Å². The molecule has 0 heterocycles. The summed E-state index contributed by atoms with van der Waals surface area (Å²) < 4.78 is 0. The van der Waals surface area contributed by atoms with Gasteiger partial charge in [0.1, 0.15) is 0 Å². The van der Waals surface area contributed by atoms with Crippen LogP contribution in [0.5, 0.6) is 0 Å². The molecule has 0 spiro atoms. The van der Waals surface area contributed by atoms with Gasteiger partial charge in [0, 0.05) is 6.08 Å². The number of nitriles is 1. The fourth-order valence-corrected chi connectivity index (χ4v) is 2.30. The Morgan fingerprint density at radius 1 is 1.33 bits per heavy atom. The Balaban J connectivity index is 2.60. The molecule has 0 N–H and O–H groups in total. The van der Waals surface area contributed by atoms with Crippen LogP contribution in [0, 0.1) is 11.3 Å². The maximum Gasteiger partial charge on any atom is 0.0915 e. The van der Waals surface area contributed by atoms with Gasteiger partial charge in [-0.05, 0) is 35.0 Å². The summed E-state index contributed by atoms with van der Waals surface area (Å²) in [4.78, 5) is 0. The van der Waals surface area contributed by atoms with E-state index in [1.54, 1.807) is 6.08 Å². The topological polar surface area (TPSA) is 23.8 Å². The lowest BCUT2D eigenvalue weighted by Crippen LogP contribution is -2.23. The van der Waals surface area contributed by atoms with E-state index in [-0.39, 0.29) is 5.41 Å². The largest absolute Gasteiger partial charge is 0.193 e. The maximum absolute atomic E-state index is 8.75. The molecule has 0 bridgehead atoms. The molecule has 0 radical (unpaired) electrons. The molecule has 1 aliphatic carbocycles. The molecule has 0 unspecified atom stereocenters. The summed E-state index contributed by atoms with van der Waals surface area (Å²) in [6.07, 6.45) is 3.82. The van der Waals surface area contributed by atoms with Gasteiger partial charge in [0.25, 0.3) is 0 Å². The molecule has 0 aliphatic heterocycles. The highest BCUT2D eigenvalue weighted by atomic mass is 14.3. The van der Waals surface area contributed by atoms with Crippen LogP contribution in [0.4, 0.5) is 0 Å². The summed E-state index contributed by atoms with van der Waals surface area (Å²) in [5, 5.41) is 8.75. The van der Waals surface area contributed by atoms with Gasteiger partial charge >= 0.3 is 0 Å². The highest BCUT2D eigenvalue weighted by Crippen LogP contribution is 2.41. The SMILES string of the molecule is CC1(C)CC/C(=C/C#N)c2ccccc21. The Kier molecular flexibility index (Phi) is 2.36. The van der Waals surface area contributed by atoms with E-state index in [9.17, 15) is 0 Å². The van der Waals surface area contributed by atoms with Crippen molar-refractivity contribution in [3.05, 3.63) is 41.5 Å². The van der Waals surface area contributed by atoms with E-state index in [2.05, 4.69) is 38.1 Å². The number of rotatable bonds is 0. The zero-order valence-electron chi connectivity index (χ0n) is 9.25. The molecule has 1 heteroatoms. The molecule has 0 aromatic heterocycles. The maximum atomic E-state index is 8.75. The highest BCUT2D eigenvalue weighted by molar-refractivity contribution is 5.73. The van der Waals surface area contributed by atoms with Crippen molar-refractivity contribution in [1.29, 1.82) is 5.26 Å². The minimum Gasteiger partial charge on any atom is -0.193 e. The minimum absolute atomic E-state index is 0.239. The zero-order valence-corrected chi connectivity index (χ0v) is 9.25. The van der Waals surface area contributed by atoms with Crippen LogP contribution in [0.15, 0.2) is 30.3 Å². The molecular formula is C14H15N. The molecule has 0 atom stereocenters. The second-order valence-corrected chi connectivity index (χ2v) is 4.73. The average Bonchev–Trinajstić information content (AvgIpc) is 2.23. The van der Waals surface area contributed by atoms with Crippen molar-refractivity contribution in [3.8, 4) is 6.07 Å². The van der Waals surface area contributed by atoms with E-state index in [1.807, 2.05) is 6.07 Å². The van der Waals surface area contributed by atoms with Gasteiger partial charge in [0.15, 0.2) is 0 Å². The summed E-state index contributed by atoms with van der Waals surface area (Å²) in [6, 6.07) is 10.6. The Labute approximate surface area is 91.0 Å². The standard InChI is InChI=1S/C14H15N/c1-14(2)9-7-11(8-10-15)12-5-3-4-6-13(12)14/h3-6,8H,7,9H2,1-2H3/b11-8-. The molecule has 1 aromatic rings. The van der Waals surface area contributed by atoms with Gasteiger partial charge < -0.3 is 0 Å². The number of benzene rings is 1. The quantitative estimate of drug-likeness (QED) is 0.582. The van der Waals surface area contributed by atoms with Crippen molar-refractivity contribution in [2.45, 2.75) is 32.1 Å². The van der Waals surface area contributed by atoms with Crippen LogP contribution in [-0.2, 0) is 5.41 Å². The Morgan fingerprint density at radius 3 is 2.80 bits per heavy atom. The van der Waals surface area contributed by atoms with Gasteiger partial charge in [-0.15, -0.1) is 0 Å². The molecule has 0 saturated heterocycles. The summed E-state index contributed by atoms with van der Waals surface area (Å²) >= 11 is 0. The number of fused-ring (bicyclic) bond motifs is 1. The Bertz CT molecular complexity index is 447. The molecule has 15 heavy (non-hydrogen) atoms. The van der Waals surface area contributed by atoms with E-state index in [4.69, 9.17) is 5.26 Å². The molecule has 76 valence electrons. The van der Waals surface area contributed by atoms with Crippen LogP contribution in [-0.4, -0.2) is 0 Å². The van der Waals surface area contributed by atoms with Crippen molar-refractivity contribution in [1.82, 2.24) is 0 Å². The summed E-state index contributed by atoms with van der Waals surface area (Å²) in [5.74, 6) is 0. The number of hydrogen-bond donors (Lipinski definition) is 0. The lowest BCUT2D eigenvalue weighted by molar-refractivity contribution is 0.474. The van der Waals surface area contributed by atoms with Gasteiger partial charge in [-0.3, -0.25) is 0 Å². The first-order valence-electron chi connectivity index (χ1n) is 5.34. The smallest absolute Gasteiger partial charge is 0.0915 e. The fourth-order valence-electron chi connectivity index (χ4n) is 2.30. The summed E-state index contributed by atoms with van der Waals surface area (Å²) in [5.41, 5.74) is 4.06. The van der Waals surface area contributed by atoms with E-state index >= 15 is 0 Å².